The number of ketones is 1. The standard InChI is InChI=1S/C32H33NO5/c1-19(2)38-25-13-11-24(12-14-25)33-28(20-6-9-23(10-7-20)32(3,4)5)27(30(35)31(33)36)29(34)22-8-15-26-21(18-22)16-17-37-26/h6-15,18-19,28,34H,16-17H2,1-5H3/b29-27-. The van der Waals surface area contributed by atoms with Crippen LogP contribution in [0.3, 0.4) is 0 Å². The molecule has 0 saturated carbocycles. The third kappa shape index (κ3) is 4.67. The van der Waals surface area contributed by atoms with Crippen LogP contribution in [0.5, 0.6) is 11.5 Å². The molecule has 0 aliphatic carbocycles. The van der Waals surface area contributed by atoms with Gasteiger partial charge in [0.05, 0.1) is 24.3 Å². The molecule has 0 aromatic heterocycles. The van der Waals surface area contributed by atoms with Crippen LogP contribution in [-0.2, 0) is 21.4 Å². The monoisotopic (exact) mass is 511 g/mol. The molecule has 2 aliphatic heterocycles. The number of nitrogens with zero attached hydrogens (tertiary/aromatic N) is 1. The first-order valence-corrected chi connectivity index (χ1v) is 13.0. The lowest BCUT2D eigenvalue weighted by molar-refractivity contribution is -0.132. The van der Waals surface area contributed by atoms with Gasteiger partial charge < -0.3 is 14.6 Å². The zero-order valence-corrected chi connectivity index (χ0v) is 22.4. The molecule has 1 fully saturated rings. The number of carbonyl (C=O) groups excluding carboxylic acids is 2. The summed E-state index contributed by atoms with van der Waals surface area (Å²) in [6.45, 7) is 10.9. The number of aliphatic hydroxyl groups excluding tert-OH is 1. The van der Waals surface area contributed by atoms with E-state index in [0.29, 0.717) is 23.6 Å². The molecule has 1 atom stereocenters. The maximum Gasteiger partial charge on any atom is 0.300 e. The summed E-state index contributed by atoms with van der Waals surface area (Å²) in [5, 5.41) is 11.5. The first-order valence-electron chi connectivity index (χ1n) is 13.0. The van der Waals surface area contributed by atoms with E-state index in [1.165, 1.54) is 4.90 Å². The van der Waals surface area contributed by atoms with Gasteiger partial charge in [-0.15, -0.1) is 0 Å². The van der Waals surface area contributed by atoms with Gasteiger partial charge >= 0.3 is 0 Å². The molecule has 196 valence electrons. The molecule has 2 aliphatic rings. The summed E-state index contributed by atoms with van der Waals surface area (Å²) in [5.74, 6) is -0.137. The van der Waals surface area contributed by atoms with E-state index < -0.39 is 17.7 Å². The molecule has 6 heteroatoms. The molecule has 1 N–H and O–H groups in total. The number of hydrogen-bond donors (Lipinski definition) is 1. The zero-order chi connectivity index (χ0) is 27.2. The van der Waals surface area contributed by atoms with Gasteiger partial charge in [0.1, 0.15) is 17.3 Å². The normalized spacial score (nSPS) is 18.6. The van der Waals surface area contributed by atoms with Crippen LogP contribution >= 0.6 is 0 Å². The second kappa shape index (κ2) is 9.67. The Balaban J connectivity index is 1.64. The molecule has 1 saturated heterocycles. The Kier molecular flexibility index (Phi) is 6.51. The molecule has 2 heterocycles. The van der Waals surface area contributed by atoms with Crippen LogP contribution in [0.25, 0.3) is 5.76 Å². The molecule has 38 heavy (non-hydrogen) atoms. The highest BCUT2D eigenvalue weighted by atomic mass is 16.5. The molecule has 0 bridgehead atoms. The van der Waals surface area contributed by atoms with Crippen molar-refractivity contribution in [1.29, 1.82) is 0 Å². The summed E-state index contributed by atoms with van der Waals surface area (Å²) < 4.78 is 11.4. The predicted octanol–water partition coefficient (Wildman–Crippen LogP) is 6.33. The minimum atomic E-state index is -0.787. The van der Waals surface area contributed by atoms with Crippen molar-refractivity contribution in [3.63, 3.8) is 0 Å². The Labute approximate surface area is 223 Å². The highest BCUT2D eigenvalue weighted by molar-refractivity contribution is 6.51. The van der Waals surface area contributed by atoms with Gasteiger partial charge in [0.15, 0.2) is 0 Å². The molecular weight excluding hydrogens is 478 g/mol. The number of anilines is 1. The van der Waals surface area contributed by atoms with Gasteiger partial charge in [-0.2, -0.15) is 0 Å². The second-order valence-corrected chi connectivity index (χ2v) is 11.1. The molecule has 5 rings (SSSR count). The minimum Gasteiger partial charge on any atom is -0.507 e. The number of benzene rings is 3. The van der Waals surface area contributed by atoms with Crippen LogP contribution in [0.2, 0.25) is 0 Å². The Morgan fingerprint density at radius 3 is 2.32 bits per heavy atom. The van der Waals surface area contributed by atoms with E-state index in [1.807, 2.05) is 44.2 Å². The van der Waals surface area contributed by atoms with Crippen molar-refractivity contribution < 1.29 is 24.2 Å². The van der Waals surface area contributed by atoms with Crippen LogP contribution in [-0.4, -0.2) is 29.5 Å². The lowest BCUT2D eigenvalue weighted by Gasteiger charge is -2.27. The Hall–Kier alpha value is -4.06. The number of aliphatic hydroxyl groups is 1. The highest BCUT2D eigenvalue weighted by Gasteiger charge is 2.47. The minimum absolute atomic E-state index is 0.00845. The topological polar surface area (TPSA) is 76.1 Å². The van der Waals surface area contributed by atoms with Crippen molar-refractivity contribution in [1.82, 2.24) is 0 Å². The van der Waals surface area contributed by atoms with Gasteiger partial charge in [0, 0.05) is 17.7 Å². The molecule has 1 amide bonds. The van der Waals surface area contributed by atoms with Gasteiger partial charge in [-0.1, -0.05) is 45.0 Å². The van der Waals surface area contributed by atoms with E-state index in [-0.39, 0.29) is 22.9 Å². The van der Waals surface area contributed by atoms with Crippen LogP contribution in [0.1, 0.15) is 62.9 Å². The van der Waals surface area contributed by atoms with Crippen LogP contribution < -0.4 is 14.4 Å². The average molecular weight is 512 g/mol. The average Bonchev–Trinajstić information content (AvgIpc) is 3.45. The van der Waals surface area contributed by atoms with Crippen molar-refractivity contribution in [3.05, 3.63) is 94.6 Å². The van der Waals surface area contributed by atoms with E-state index in [0.717, 1.165) is 28.9 Å². The fourth-order valence-corrected chi connectivity index (χ4v) is 5.03. The second-order valence-electron chi connectivity index (χ2n) is 11.1. The van der Waals surface area contributed by atoms with Crippen molar-refractivity contribution in [3.8, 4) is 11.5 Å². The van der Waals surface area contributed by atoms with Gasteiger partial charge in [-0.25, -0.2) is 0 Å². The van der Waals surface area contributed by atoms with Crippen molar-refractivity contribution >= 4 is 23.1 Å². The zero-order valence-electron chi connectivity index (χ0n) is 22.4. The predicted molar refractivity (Wildman–Crippen MR) is 148 cm³/mol. The quantitative estimate of drug-likeness (QED) is 0.246. The number of carbonyl (C=O) groups is 2. The Bertz CT molecular complexity index is 1410. The van der Waals surface area contributed by atoms with Gasteiger partial charge in [-0.3, -0.25) is 14.5 Å². The first kappa shape index (κ1) is 25.6. The van der Waals surface area contributed by atoms with Gasteiger partial charge in [-0.05, 0) is 78.4 Å². The lowest BCUT2D eigenvalue weighted by Crippen LogP contribution is -2.29. The van der Waals surface area contributed by atoms with E-state index in [1.54, 1.807) is 36.4 Å². The van der Waals surface area contributed by atoms with Crippen molar-refractivity contribution in [2.75, 3.05) is 11.5 Å². The van der Waals surface area contributed by atoms with Gasteiger partial charge in [0.2, 0.25) is 0 Å². The van der Waals surface area contributed by atoms with Crippen LogP contribution in [0, 0.1) is 0 Å². The summed E-state index contributed by atoms with van der Waals surface area (Å²) in [5.41, 5.74) is 3.89. The molecule has 0 spiro atoms. The third-order valence-corrected chi connectivity index (χ3v) is 6.99. The molecule has 0 radical (unpaired) electrons. The summed E-state index contributed by atoms with van der Waals surface area (Å²) in [4.78, 5) is 28.5. The molecule has 3 aromatic carbocycles. The third-order valence-electron chi connectivity index (χ3n) is 6.99. The molecular formula is C32H33NO5. The maximum atomic E-state index is 13.5. The van der Waals surface area contributed by atoms with Crippen molar-refractivity contribution in [2.45, 2.75) is 58.6 Å². The summed E-state index contributed by atoms with van der Waals surface area (Å²) in [6, 6.07) is 19.6. The van der Waals surface area contributed by atoms with Crippen molar-refractivity contribution in [2.24, 2.45) is 0 Å². The lowest BCUT2D eigenvalue weighted by atomic mass is 9.85. The number of ether oxygens (including phenoxy) is 2. The van der Waals surface area contributed by atoms with E-state index in [9.17, 15) is 14.7 Å². The van der Waals surface area contributed by atoms with Crippen LogP contribution in [0.4, 0.5) is 5.69 Å². The fourth-order valence-electron chi connectivity index (χ4n) is 5.03. The molecule has 6 nitrogen and oxygen atoms in total. The highest BCUT2D eigenvalue weighted by Crippen LogP contribution is 2.43. The number of rotatable bonds is 5. The summed E-state index contributed by atoms with van der Waals surface area (Å²) in [6.07, 6.45) is 0.738. The first-order chi connectivity index (χ1) is 18.0. The number of amides is 1. The molecule has 3 aromatic rings. The molecule has 1 unspecified atom stereocenters. The largest absolute Gasteiger partial charge is 0.507 e. The SMILES string of the molecule is CC(C)Oc1ccc(N2C(=O)C(=O)/C(=C(\O)c3ccc4c(c3)CCO4)C2c2ccc(C(C)(C)C)cc2)cc1. The van der Waals surface area contributed by atoms with Gasteiger partial charge in [0.25, 0.3) is 11.7 Å². The number of fused-ring (bicyclic) bond motifs is 1. The fraction of sp³-hybridized carbons (Fsp3) is 0.312. The van der Waals surface area contributed by atoms with E-state index >= 15 is 0 Å². The Morgan fingerprint density at radius 1 is 1.00 bits per heavy atom. The van der Waals surface area contributed by atoms with Crippen LogP contribution in [0.15, 0.2) is 72.3 Å². The summed E-state index contributed by atoms with van der Waals surface area (Å²) >= 11 is 0. The van der Waals surface area contributed by atoms with E-state index in [4.69, 9.17) is 9.47 Å². The number of Topliss-reactive ketones (excluding diaryl/α,β-unsaturated/α-hetero) is 1. The van der Waals surface area contributed by atoms with E-state index in [2.05, 4.69) is 20.8 Å². The maximum absolute atomic E-state index is 13.5. The summed E-state index contributed by atoms with van der Waals surface area (Å²) in [7, 11) is 0. The smallest absolute Gasteiger partial charge is 0.300 e. The number of hydrogen-bond acceptors (Lipinski definition) is 5. The Morgan fingerprint density at radius 2 is 1.68 bits per heavy atom.